The molecule has 0 bridgehead atoms. The molecule has 1 amide bonds. The summed E-state index contributed by atoms with van der Waals surface area (Å²) < 4.78 is 22.6. The third-order valence-corrected chi connectivity index (χ3v) is 6.11. The first-order valence-electron chi connectivity index (χ1n) is 8.77. The number of rotatable bonds is 3. The summed E-state index contributed by atoms with van der Waals surface area (Å²) in [6.07, 6.45) is 3.80. The summed E-state index contributed by atoms with van der Waals surface area (Å²) in [5.74, 6) is 0.309. The predicted molar refractivity (Wildman–Crippen MR) is 96.5 cm³/mol. The molecule has 2 atom stereocenters. The van der Waals surface area contributed by atoms with Crippen molar-refractivity contribution in [2.45, 2.75) is 36.6 Å². The quantitative estimate of drug-likeness (QED) is 0.809. The zero-order valence-electron chi connectivity index (χ0n) is 14.3. The molecule has 0 spiro atoms. The van der Waals surface area contributed by atoms with Gasteiger partial charge in [-0.05, 0) is 43.5 Å². The normalized spacial score (nSPS) is 25.0. The van der Waals surface area contributed by atoms with E-state index in [1.807, 2.05) is 4.90 Å². The van der Waals surface area contributed by atoms with Gasteiger partial charge in [0.05, 0.1) is 4.90 Å². The lowest BCUT2D eigenvalue weighted by molar-refractivity contribution is -0.137. The molecule has 2 fully saturated rings. The van der Waals surface area contributed by atoms with Gasteiger partial charge in [0.15, 0.2) is 0 Å². The number of amides is 1. The maximum Gasteiger partial charge on any atom is 0.238 e. The number of piperazine rings is 1. The topological polar surface area (TPSA) is 110 Å². The molecule has 1 aliphatic heterocycles. The second-order valence-electron chi connectivity index (χ2n) is 6.97. The minimum Gasteiger partial charge on any atom is -0.368 e. The Morgan fingerprint density at radius 1 is 1.04 bits per heavy atom. The molecule has 1 saturated carbocycles. The van der Waals surface area contributed by atoms with Gasteiger partial charge in [-0.3, -0.25) is 4.79 Å². The van der Waals surface area contributed by atoms with Gasteiger partial charge in [-0.2, -0.15) is 0 Å². The summed E-state index contributed by atoms with van der Waals surface area (Å²) in [4.78, 5) is 16.9. The van der Waals surface area contributed by atoms with Crippen LogP contribution in [-0.4, -0.2) is 51.4 Å². The highest BCUT2D eigenvalue weighted by Gasteiger charge is 2.30. The second-order valence-corrected chi connectivity index (χ2v) is 8.54. The first-order chi connectivity index (χ1) is 11.8. The molecule has 0 aromatic heterocycles. The molecular weight excluding hydrogens is 340 g/mol. The van der Waals surface area contributed by atoms with Crippen LogP contribution in [0.2, 0.25) is 0 Å². The van der Waals surface area contributed by atoms with Crippen molar-refractivity contribution in [3.8, 4) is 0 Å². The number of primary sulfonamides is 1. The number of nitrogens with two attached hydrogens (primary N) is 2. The van der Waals surface area contributed by atoms with Crippen molar-refractivity contribution < 1.29 is 13.2 Å². The first-order valence-corrected chi connectivity index (χ1v) is 10.3. The Balaban J connectivity index is 1.57. The van der Waals surface area contributed by atoms with Crippen LogP contribution < -0.4 is 15.8 Å². The molecule has 0 radical (unpaired) electrons. The van der Waals surface area contributed by atoms with E-state index in [1.165, 1.54) is 12.1 Å². The van der Waals surface area contributed by atoms with Gasteiger partial charge in [-0.15, -0.1) is 0 Å². The molecule has 2 aliphatic rings. The summed E-state index contributed by atoms with van der Waals surface area (Å²) in [5, 5.41) is 5.12. The van der Waals surface area contributed by atoms with Gasteiger partial charge in [0.1, 0.15) is 0 Å². The number of anilines is 1. The third kappa shape index (κ3) is 4.31. The second kappa shape index (κ2) is 7.31. The van der Waals surface area contributed by atoms with Crippen LogP contribution in [0, 0.1) is 5.92 Å². The van der Waals surface area contributed by atoms with Gasteiger partial charge < -0.3 is 15.5 Å². The molecule has 2 unspecified atom stereocenters. The number of benzene rings is 1. The Hall–Kier alpha value is -1.64. The molecule has 8 heteroatoms. The maximum absolute atomic E-state index is 12.7. The predicted octanol–water partition coefficient (Wildman–Crippen LogP) is 0.500. The van der Waals surface area contributed by atoms with Gasteiger partial charge in [-0.1, -0.05) is 6.42 Å². The average Bonchev–Trinajstić information content (AvgIpc) is 2.61. The van der Waals surface area contributed by atoms with Crippen LogP contribution in [-0.2, 0) is 14.8 Å². The smallest absolute Gasteiger partial charge is 0.238 e. The van der Waals surface area contributed by atoms with E-state index in [2.05, 4.69) is 4.90 Å². The van der Waals surface area contributed by atoms with Crippen LogP contribution in [0.4, 0.5) is 5.69 Å². The number of nitrogens with zero attached hydrogens (tertiary/aromatic N) is 2. The monoisotopic (exact) mass is 366 g/mol. The fourth-order valence-electron chi connectivity index (χ4n) is 3.74. The average molecular weight is 366 g/mol. The number of hydrogen-bond donors (Lipinski definition) is 2. The van der Waals surface area contributed by atoms with Crippen LogP contribution in [0.1, 0.15) is 25.7 Å². The highest BCUT2D eigenvalue weighted by atomic mass is 32.2. The Bertz CT molecular complexity index is 712. The molecule has 25 heavy (non-hydrogen) atoms. The minimum absolute atomic E-state index is 0.0735. The number of carbonyl (C=O) groups excluding carboxylic acids is 1. The Labute approximate surface area is 149 Å². The first kappa shape index (κ1) is 18.2. The van der Waals surface area contributed by atoms with E-state index < -0.39 is 10.0 Å². The van der Waals surface area contributed by atoms with E-state index in [4.69, 9.17) is 10.9 Å². The Kier molecular flexibility index (Phi) is 5.31. The zero-order valence-corrected chi connectivity index (χ0v) is 15.1. The molecule has 1 saturated heterocycles. The van der Waals surface area contributed by atoms with Gasteiger partial charge in [0, 0.05) is 43.8 Å². The summed E-state index contributed by atoms with van der Waals surface area (Å²) >= 11 is 0. The SMILES string of the molecule is NC1CCCC(C(=O)N2CCN(c3ccc(S(N)(=O)=O)cc3)CC2)C1. The van der Waals surface area contributed by atoms with Crippen LogP contribution in [0.5, 0.6) is 0 Å². The van der Waals surface area contributed by atoms with Crippen LogP contribution >= 0.6 is 0 Å². The molecule has 3 rings (SSSR count). The zero-order chi connectivity index (χ0) is 18.0. The van der Waals surface area contributed by atoms with Crippen LogP contribution in [0.25, 0.3) is 0 Å². The third-order valence-electron chi connectivity index (χ3n) is 5.19. The van der Waals surface area contributed by atoms with Crippen molar-refractivity contribution in [3.63, 3.8) is 0 Å². The molecule has 1 aliphatic carbocycles. The van der Waals surface area contributed by atoms with Crippen molar-refractivity contribution in [3.05, 3.63) is 24.3 Å². The summed E-state index contributed by atoms with van der Waals surface area (Å²) in [5.41, 5.74) is 6.95. The fourth-order valence-corrected chi connectivity index (χ4v) is 4.26. The standard InChI is InChI=1S/C17H26N4O3S/c18-14-3-1-2-13(12-14)17(22)21-10-8-20(9-11-21)15-4-6-16(7-5-15)25(19,23)24/h4-7,13-14H,1-3,8-12,18H2,(H2,19,23,24). The van der Waals surface area contributed by atoms with E-state index in [1.54, 1.807) is 12.1 Å². The lowest BCUT2D eigenvalue weighted by Gasteiger charge is -2.38. The number of hydrogen-bond acceptors (Lipinski definition) is 5. The number of sulfonamides is 1. The largest absolute Gasteiger partial charge is 0.368 e. The lowest BCUT2D eigenvalue weighted by atomic mass is 9.85. The van der Waals surface area contributed by atoms with E-state index in [9.17, 15) is 13.2 Å². The molecule has 1 aromatic carbocycles. The van der Waals surface area contributed by atoms with Crippen LogP contribution in [0.15, 0.2) is 29.2 Å². The minimum atomic E-state index is -3.67. The molecular formula is C17H26N4O3S. The Morgan fingerprint density at radius 2 is 1.68 bits per heavy atom. The molecule has 4 N–H and O–H groups in total. The Morgan fingerprint density at radius 3 is 2.24 bits per heavy atom. The van der Waals surface area contributed by atoms with Crippen molar-refractivity contribution >= 4 is 21.6 Å². The summed E-state index contributed by atoms with van der Waals surface area (Å²) in [6.45, 7) is 2.83. The van der Waals surface area contributed by atoms with Gasteiger partial charge in [0.2, 0.25) is 15.9 Å². The fraction of sp³-hybridized carbons (Fsp3) is 0.588. The van der Waals surface area contributed by atoms with E-state index in [0.29, 0.717) is 13.1 Å². The summed E-state index contributed by atoms with van der Waals surface area (Å²) in [6, 6.07) is 6.72. The van der Waals surface area contributed by atoms with E-state index in [0.717, 1.165) is 44.5 Å². The van der Waals surface area contributed by atoms with Crippen molar-refractivity contribution in [1.82, 2.24) is 4.90 Å². The molecule has 1 aromatic rings. The van der Waals surface area contributed by atoms with Crippen molar-refractivity contribution in [2.24, 2.45) is 16.8 Å². The van der Waals surface area contributed by atoms with E-state index >= 15 is 0 Å². The molecule has 7 nitrogen and oxygen atoms in total. The molecule has 138 valence electrons. The van der Waals surface area contributed by atoms with Crippen LogP contribution in [0.3, 0.4) is 0 Å². The number of carbonyl (C=O) groups is 1. The van der Waals surface area contributed by atoms with Crippen molar-refractivity contribution in [2.75, 3.05) is 31.1 Å². The van der Waals surface area contributed by atoms with Gasteiger partial charge in [0.25, 0.3) is 0 Å². The van der Waals surface area contributed by atoms with Gasteiger partial charge >= 0.3 is 0 Å². The highest BCUT2D eigenvalue weighted by molar-refractivity contribution is 7.89. The maximum atomic E-state index is 12.7. The van der Waals surface area contributed by atoms with Crippen molar-refractivity contribution in [1.29, 1.82) is 0 Å². The lowest BCUT2D eigenvalue weighted by Crippen LogP contribution is -2.51. The van der Waals surface area contributed by atoms with E-state index in [-0.39, 0.29) is 22.8 Å². The highest BCUT2D eigenvalue weighted by Crippen LogP contribution is 2.26. The van der Waals surface area contributed by atoms with Gasteiger partial charge in [-0.25, -0.2) is 13.6 Å². The summed E-state index contributed by atoms with van der Waals surface area (Å²) in [7, 11) is -3.67. The molecule has 1 heterocycles.